The van der Waals surface area contributed by atoms with Gasteiger partial charge < -0.3 is 0 Å². The Morgan fingerprint density at radius 1 is 1.09 bits per heavy atom. The molecule has 0 aromatic carbocycles. The fourth-order valence-corrected chi connectivity index (χ4v) is 6.72. The summed E-state index contributed by atoms with van der Waals surface area (Å²) < 4.78 is 0. The number of hydrogen-bond acceptors (Lipinski definition) is 2. The van der Waals surface area contributed by atoms with E-state index in [2.05, 4.69) is 19.9 Å². The van der Waals surface area contributed by atoms with Crippen LogP contribution in [0, 0.1) is 39.9 Å². The number of nitriles is 1. The molecule has 122 valence electrons. The lowest BCUT2D eigenvalue weighted by Crippen LogP contribution is -2.49. The van der Waals surface area contributed by atoms with Gasteiger partial charge in [0.1, 0.15) is 0 Å². The first kappa shape index (κ1) is 15.2. The van der Waals surface area contributed by atoms with Crippen LogP contribution in [0.3, 0.4) is 0 Å². The molecule has 23 heavy (non-hydrogen) atoms. The van der Waals surface area contributed by atoms with Gasteiger partial charge in [-0.3, -0.25) is 4.79 Å². The minimum atomic E-state index is 0.263. The van der Waals surface area contributed by atoms with E-state index in [-0.39, 0.29) is 10.8 Å². The van der Waals surface area contributed by atoms with Crippen molar-refractivity contribution in [3.8, 4) is 6.07 Å². The van der Waals surface area contributed by atoms with Crippen LogP contribution in [-0.2, 0) is 4.79 Å². The minimum Gasteiger partial charge on any atom is -0.295 e. The molecule has 3 saturated carbocycles. The van der Waals surface area contributed by atoms with E-state index < -0.39 is 0 Å². The average Bonchev–Trinajstić information content (AvgIpc) is 2.85. The Morgan fingerprint density at radius 2 is 1.87 bits per heavy atom. The quantitative estimate of drug-likeness (QED) is 0.593. The first-order chi connectivity index (χ1) is 11.0. The maximum absolute atomic E-state index is 11.9. The number of hydrogen-bond donors (Lipinski definition) is 0. The summed E-state index contributed by atoms with van der Waals surface area (Å²) in [6.45, 7) is 4.86. The molecule has 5 atom stereocenters. The maximum Gasteiger partial charge on any atom is 0.155 e. The molecule has 0 spiro atoms. The number of allylic oxidation sites excluding steroid dienone is 3. The van der Waals surface area contributed by atoms with Gasteiger partial charge in [-0.2, -0.15) is 5.26 Å². The first-order valence-electron chi connectivity index (χ1n) is 9.32. The molecule has 2 nitrogen and oxygen atoms in total. The van der Waals surface area contributed by atoms with Gasteiger partial charge in [0.2, 0.25) is 0 Å². The molecule has 5 unspecified atom stereocenters. The SMILES string of the molecule is CC12CCC(=O)C=C1CCC1C2CCC2(C)C(=CC#N)CCC12. The number of rotatable bonds is 0. The topological polar surface area (TPSA) is 40.9 Å². The zero-order valence-electron chi connectivity index (χ0n) is 14.4. The summed E-state index contributed by atoms with van der Waals surface area (Å²) in [6.07, 6.45) is 12.9. The molecule has 0 aromatic heterocycles. The second kappa shape index (κ2) is 5.07. The van der Waals surface area contributed by atoms with Crippen molar-refractivity contribution in [2.45, 2.75) is 65.2 Å². The molecule has 4 aliphatic carbocycles. The smallest absolute Gasteiger partial charge is 0.155 e. The van der Waals surface area contributed by atoms with E-state index in [1.165, 1.54) is 36.8 Å². The Morgan fingerprint density at radius 3 is 2.65 bits per heavy atom. The third-order valence-corrected chi connectivity index (χ3v) is 8.05. The van der Waals surface area contributed by atoms with E-state index in [9.17, 15) is 4.79 Å². The van der Waals surface area contributed by atoms with Crippen LogP contribution < -0.4 is 0 Å². The summed E-state index contributed by atoms with van der Waals surface area (Å²) in [5.74, 6) is 2.62. The van der Waals surface area contributed by atoms with Crippen molar-refractivity contribution < 1.29 is 4.79 Å². The van der Waals surface area contributed by atoms with E-state index in [1.54, 1.807) is 0 Å². The van der Waals surface area contributed by atoms with Crippen LogP contribution in [0.4, 0.5) is 0 Å². The van der Waals surface area contributed by atoms with Crippen molar-refractivity contribution >= 4 is 5.78 Å². The number of ketones is 1. The number of nitrogens with zero attached hydrogens (tertiary/aromatic N) is 1. The van der Waals surface area contributed by atoms with E-state index in [1.807, 2.05) is 12.2 Å². The molecule has 0 amide bonds. The van der Waals surface area contributed by atoms with Crippen molar-refractivity contribution in [1.82, 2.24) is 0 Å². The fourth-order valence-electron chi connectivity index (χ4n) is 6.72. The summed E-state index contributed by atoms with van der Waals surface area (Å²) >= 11 is 0. The van der Waals surface area contributed by atoms with Gasteiger partial charge in [-0.05, 0) is 79.6 Å². The monoisotopic (exact) mass is 309 g/mol. The molecule has 0 radical (unpaired) electrons. The Balaban J connectivity index is 1.69. The summed E-state index contributed by atoms with van der Waals surface area (Å²) in [5, 5.41) is 9.12. The van der Waals surface area contributed by atoms with E-state index in [4.69, 9.17) is 5.26 Å². The molecule has 4 rings (SSSR count). The number of carbonyl (C=O) groups is 1. The average molecular weight is 309 g/mol. The van der Waals surface area contributed by atoms with Gasteiger partial charge in [-0.25, -0.2) is 0 Å². The van der Waals surface area contributed by atoms with Gasteiger partial charge in [0, 0.05) is 12.5 Å². The lowest BCUT2D eigenvalue weighted by atomic mass is 9.47. The van der Waals surface area contributed by atoms with Crippen LogP contribution in [0.15, 0.2) is 23.3 Å². The zero-order valence-corrected chi connectivity index (χ0v) is 14.4. The van der Waals surface area contributed by atoms with Crippen molar-refractivity contribution in [2.24, 2.45) is 28.6 Å². The van der Waals surface area contributed by atoms with Crippen LogP contribution in [0.2, 0.25) is 0 Å². The van der Waals surface area contributed by atoms with Gasteiger partial charge in [0.25, 0.3) is 0 Å². The lowest BCUT2D eigenvalue weighted by Gasteiger charge is -2.57. The van der Waals surface area contributed by atoms with Gasteiger partial charge >= 0.3 is 0 Å². The van der Waals surface area contributed by atoms with Gasteiger partial charge in [0.05, 0.1) is 6.07 Å². The molecule has 0 heterocycles. The highest BCUT2D eigenvalue weighted by molar-refractivity contribution is 5.91. The molecule has 4 aliphatic rings. The molecular weight excluding hydrogens is 282 g/mol. The maximum atomic E-state index is 11.9. The molecular formula is C21H27NO. The fraction of sp³-hybridized carbons (Fsp3) is 0.714. The zero-order chi connectivity index (χ0) is 16.2. The summed E-state index contributed by atoms with van der Waals surface area (Å²) in [6, 6.07) is 2.29. The van der Waals surface area contributed by atoms with E-state index in [0.717, 1.165) is 43.4 Å². The van der Waals surface area contributed by atoms with Crippen LogP contribution in [0.1, 0.15) is 65.2 Å². The summed E-state index contributed by atoms with van der Waals surface area (Å²) in [5.41, 5.74) is 3.39. The highest BCUT2D eigenvalue weighted by Gasteiger charge is 2.57. The Labute approximate surface area is 139 Å². The normalized spacial score (nSPS) is 47.3. The summed E-state index contributed by atoms with van der Waals surface area (Å²) in [4.78, 5) is 11.9. The standard InChI is InChI=1S/C21H27NO/c1-20-11-8-19-17(18(20)6-4-14(20)9-12-22)5-3-15-13-16(23)7-10-21(15,19)2/h9,13,17-19H,3-8,10-11H2,1-2H3. The molecule has 0 aromatic rings. The highest BCUT2D eigenvalue weighted by atomic mass is 16.1. The van der Waals surface area contributed by atoms with Crippen LogP contribution in [-0.4, -0.2) is 5.78 Å². The summed E-state index contributed by atoms with van der Waals surface area (Å²) in [7, 11) is 0. The Hall–Kier alpha value is -1.36. The molecule has 0 N–H and O–H groups in total. The Kier molecular flexibility index (Phi) is 3.34. The second-order valence-corrected chi connectivity index (χ2v) is 8.76. The predicted molar refractivity (Wildman–Crippen MR) is 90.4 cm³/mol. The highest BCUT2D eigenvalue weighted by Crippen LogP contribution is 2.66. The van der Waals surface area contributed by atoms with E-state index >= 15 is 0 Å². The first-order valence-corrected chi connectivity index (χ1v) is 9.32. The van der Waals surface area contributed by atoms with Crippen LogP contribution >= 0.6 is 0 Å². The number of fused-ring (bicyclic) bond motifs is 5. The molecule has 0 aliphatic heterocycles. The van der Waals surface area contributed by atoms with Crippen molar-refractivity contribution in [1.29, 1.82) is 5.26 Å². The van der Waals surface area contributed by atoms with Crippen LogP contribution in [0.25, 0.3) is 0 Å². The largest absolute Gasteiger partial charge is 0.295 e. The third kappa shape index (κ3) is 2.02. The second-order valence-electron chi connectivity index (χ2n) is 8.76. The third-order valence-electron chi connectivity index (χ3n) is 8.05. The van der Waals surface area contributed by atoms with Gasteiger partial charge in [0.15, 0.2) is 5.78 Å². The molecule has 0 saturated heterocycles. The molecule has 2 heteroatoms. The van der Waals surface area contributed by atoms with Crippen LogP contribution in [0.5, 0.6) is 0 Å². The van der Waals surface area contributed by atoms with Gasteiger partial charge in [-0.15, -0.1) is 0 Å². The predicted octanol–water partition coefficient (Wildman–Crippen LogP) is 4.97. The lowest BCUT2D eigenvalue weighted by molar-refractivity contribution is -0.117. The Bertz CT molecular complexity index is 651. The van der Waals surface area contributed by atoms with Crippen molar-refractivity contribution in [3.05, 3.63) is 23.3 Å². The van der Waals surface area contributed by atoms with Gasteiger partial charge in [-0.1, -0.05) is 25.0 Å². The molecule has 0 bridgehead atoms. The molecule has 3 fully saturated rings. The van der Waals surface area contributed by atoms with E-state index in [0.29, 0.717) is 5.78 Å². The van der Waals surface area contributed by atoms with Crippen molar-refractivity contribution in [2.75, 3.05) is 0 Å². The number of carbonyl (C=O) groups excluding carboxylic acids is 1. The van der Waals surface area contributed by atoms with Crippen molar-refractivity contribution in [3.63, 3.8) is 0 Å². The minimum absolute atomic E-state index is 0.263.